The number of benzene rings is 6. The van der Waals surface area contributed by atoms with Crippen LogP contribution in [0, 0.1) is 11.6 Å². The van der Waals surface area contributed by atoms with Crippen molar-refractivity contribution in [1.29, 1.82) is 0 Å². The fraction of sp³-hybridized carbons (Fsp3) is 0. The maximum Gasteiger partial charge on any atom is 0.335 e. The SMILES string of the molecule is Fc1ccc(-c2ccc(-c3nc4ccc(Cl)cc4o3)cc2)cc1.Nc1ccc(Cl)cc1O.O=C(O)c1ccc(-c2ccc(F)cc2)cc1. The van der Waals surface area contributed by atoms with Crippen LogP contribution in [0.15, 0.2) is 138 Å². The maximum absolute atomic E-state index is 13.0. The van der Waals surface area contributed by atoms with Gasteiger partial charge in [0.25, 0.3) is 0 Å². The summed E-state index contributed by atoms with van der Waals surface area (Å²) in [6.07, 6.45) is 0. The fourth-order valence-corrected chi connectivity index (χ4v) is 4.76. The van der Waals surface area contributed by atoms with Crippen LogP contribution in [-0.4, -0.2) is 21.2 Å². The zero-order valence-electron chi connectivity index (χ0n) is 24.9. The molecule has 0 spiro atoms. The number of nitrogen functional groups attached to an aromatic ring is 1. The molecule has 4 N–H and O–H groups in total. The van der Waals surface area contributed by atoms with Crippen molar-refractivity contribution in [2.45, 2.75) is 0 Å². The number of carboxylic acids is 1. The van der Waals surface area contributed by atoms with Gasteiger partial charge in [-0.3, -0.25) is 0 Å². The van der Waals surface area contributed by atoms with Crippen LogP contribution in [0.25, 0.3) is 44.8 Å². The third-order valence-electron chi connectivity index (χ3n) is 6.96. The molecule has 1 heterocycles. The molecule has 6 aromatic carbocycles. The van der Waals surface area contributed by atoms with Crippen molar-refractivity contribution in [3.05, 3.63) is 161 Å². The highest BCUT2D eigenvalue weighted by Gasteiger charge is 2.09. The van der Waals surface area contributed by atoms with E-state index in [2.05, 4.69) is 4.98 Å². The molecule has 7 rings (SSSR count). The van der Waals surface area contributed by atoms with Crippen molar-refractivity contribution < 1.29 is 28.2 Å². The van der Waals surface area contributed by atoms with Gasteiger partial charge in [-0.15, -0.1) is 0 Å². The monoisotopic (exact) mass is 682 g/mol. The molecule has 7 aromatic rings. The summed E-state index contributed by atoms with van der Waals surface area (Å²) in [5.74, 6) is -0.900. The van der Waals surface area contributed by atoms with Gasteiger partial charge in [0.05, 0.1) is 11.3 Å². The molecule has 0 aliphatic heterocycles. The Morgan fingerprint density at radius 1 is 0.625 bits per heavy atom. The second kappa shape index (κ2) is 15.3. The van der Waals surface area contributed by atoms with Crippen molar-refractivity contribution in [2.75, 3.05) is 5.73 Å². The molecule has 0 saturated heterocycles. The third-order valence-corrected chi connectivity index (χ3v) is 7.43. The number of aromatic carboxylic acids is 1. The Morgan fingerprint density at radius 2 is 1.06 bits per heavy atom. The molecule has 1 aromatic heterocycles. The Kier molecular flexibility index (Phi) is 10.7. The zero-order valence-corrected chi connectivity index (χ0v) is 26.5. The first-order valence-electron chi connectivity index (χ1n) is 14.3. The lowest BCUT2D eigenvalue weighted by atomic mass is 10.0. The van der Waals surface area contributed by atoms with E-state index >= 15 is 0 Å². The van der Waals surface area contributed by atoms with Crippen LogP contribution in [-0.2, 0) is 0 Å². The predicted molar refractivity (Wildman–Crippen MR) is 186 cm³/mol. The van der Waals surface area contributed by atoms with E-state index in [9.17, 15) is 13.6 Å². The first kappa shape index (κ1) is 33.7. The van der Waals surface area contributed by atoms with E-state index in [1.54, 1.807) is 60.7 Å². The van der Waals surface area contributed by atoms with Gasteiger partial charge in [-0.1, -0.05) is 71.7 Å². The minimum absolute atomic E-state index is 0.0301. The highest BCUT2D eigenvalue weighted by molar-refractivity contribution is 6.31. The van der Waals surface area contributed by atoms with Gasteiger partial charge in [-0.2, -0.15) is 0 Å². The van der Waals surface area contributed by atoms with Crippen LogP contribution < -0.4 is 5.73 Å². The third kappa shape index (κ3) is 8.76. The molecule has 0 atom stereocenters. The van der Waals surface area contributed by atoms with E-state index in [4.69, 9.17) is 43.6 Å². The first-order chi connectivity index (χ1) is 23.0. The van der Waals surface area contributed by atoms with E-state index in [1.165, 1.54) is 42.5 Å². The summed E-state index contributed by atoms with van der Waals surface area (Å²) < 4.78 is 31.4. The van der Waals surface area contributed by atoms with Crippen LogP contribution >= 0.6 is 23.2 Å². The lowest BCUT2D eigenvalue weighted by Gasteiger charge is -2.02. The van der Waals surface area contributed by atoms with Gasteiger partial charge in [0.1, 0.15) is 22.9 Å². The summed E-state index contributed by atoms with van der Waals surface area (Å²) in [5, 5.41) is 18.7. The Morgan fingerprint density at radius 3 is 1.54 bits per heavy atom. The number of nitrogens with zero attached hydrogens (tertiary/aromatic N) is 1. The zero-order chi connectivity index (χ0) is 34.2. The number of halogens is 4. The molecule has 240 valence electrons. The number of hydrogen-bond donors (Lipinski definition) is 3. The molecule has 0 unspecified atom stereocenters. The lowest BCUT2D eigenvalue weighted by molar-refractivity contribution is 0.0697. The molecule has 0 aliphatic carbocycles. The van der Waals surface area contributed by atoms with Gasteiger partial charge in [-0.25, -0.2) is 18.6 Å². The Labute approximate surface area is 284 Å². The van der Waals surface area contributed by atoms with Crippen LogP contribution in [0.3, 0.4) is 0 Å². The summed E-state index contributed by atoms with van der Waals surface area (Å²) in [6, 6.07) is 36.7. The quantitative estimate of drug-likeness (QED) is 0.126. The van der Waals surface area contributed by atoms with E-state index in [0.717, 1.165) is 33.3 Å². The highest BCUT2D eigenvalue weighted by atomic mass is 35.5. The Hall–Kier alpha value is -5.70. The molecular formula is C38H26Cl2F2N2O4. The van der Waals surface area contributed by atoms with Gasteiger partial charge in [-0.05, 0) is 95.1 Å². The molecular weight excluding hydrogens is 657 g/mol. The molecule has 0 fully saturated rings. The number of aromatic hydroxyl groups is 1. The molecule has 0 amide bonds. The predicted octanol–water partition coefficient (Wildman–Crippen LogP) is 10.8. The maximum atomic E-state index is 13.0. The molecule has 0 bridgehead atoms. The second-order valence-electron chi connectivity index (χ2n) is 10.3. The molecule has 6 nitrogen and oxygen atoms in total. The highest BCUT2D eigenvalue weighted by Crippen LogP contribution is 2.29. The summed E-state index contributed by atoms with van der Waals surface area (Å²) in [4.78, 5) is 15.1. The number of hydrogen-bond acceptors (Lipinski definition) is 5. The smallest absolute Gasteiger partial charge is 0.335 e. The Bertz CT molecular complexity index is 2150. The summed E-state index contributed by atoms with van der Waals surface area (Å²) in [7, 11) is 0. The van der Waals surface area contributed by atoms with Gasteiger partial charge in [0, 0.05) is 27.7 Å². The fourth-order valence-electron chi connectivity index (χ4n) is 4.43. The number of fused-ring (bicyclic) bond motifs is 1. The lowest BCUT2D eigenvalue weighted by Crippen LogP contribution is -1.94. The van der Waals surface area contributed by atoms with E-state index in [-0.39, 0.29) is 22.9 Å². The van der Waals surface area contributed by atoms with Crippen LogP contribution in [0.1, 0.15) is 10.4 Å². The van der Waals surface area contributed by atoms with E-state index < -0.39 is 5.97 Å². The van der Waals surface area contributed by atoms with Gasteiger partial charge in [0.2, 0.25) is 5.89 Å². The first-order valence-corrected chi connectivity index (χ1v) is 15.1. The van der Waals surface area contributed by atoms with Crippen LogP contribution in [0.2, 0.25) is 10.0 Å². The standard InChI is InChI=1S/C19H11ClFNO.C13H9FO2.C6H6ClNO/c20-15-7-10-17-18(11-15)23-19(22-17)14-3-1-12(2-4-14)13-5-8-16(21)9-6-13;14-12-7-5-10(6-8-12)9-1-3-11(4-2-9)13(15)16;7-4-1-2-5(8)6(9)3-4/h1-11H;1-8H,(H,15,16);1-3,9H,8H2. The van der Waals surface area contributed by atoms with Gasteiger partial charge in [0.15, 0.2) is 5.58 Å². The number of carboxylic acid groups (broad SMARTS) is 1. The average molecular weight is 684 g/mol. The number of carbonyl (C=O) groups is 1. The molecule has 48 heavy (non-hydrogen) atoms. The summed E-state index contributed by atoms with van der Waals surface area (Å²) in [6.45, 7) is 0. The normalized spacial score (nSPS) is 10.4. The topological polar surface area (TPSA) is 110 Å². The number of nitrogens with two attached hydrogens (primary N) is 1. The van der Waals surface area contributed by atoms with Crippen molar-refractivity contribution >= 4 is 46.0 Å². The number of rotatable bonds is 4. The van der Waals surface area contributed by atoms with E-state index in [0.29, 0.717) is 27.2 Å². The Balaban J connectivity index is 0.000000156. The minimum atomic E-state index is -0.953. The summed E-state index contributed by atoms with van der Waals surface area (Å²) in [5.41, 5.74) is 11.9. The number of aromatic nitrogens is 1. The number of oxazole rings is 1. The second-order valence-corrected chi connectivity index (χ2v) is 11.2. The molecule has 10 heteroatoms. The number of phenols is 1. The molecule has 0 radical (unpaired) electrons. The van der Waals surface area contributed by atoms with Crippen LogP contribution in [0.4, 0.5) is 14.5 Å². The van der Waals surface area contributed by atoms with Crippen molar-refractivity contribution in [3.8, 4) is 39.5 Å². The average Bonchev–Trinajstić information content (AvgIpc) is 3.51. The van der Waals surface area contributed by atoms with Crippen molar-refractivity contribution in [1.82, 2.24) is 4.98 Å². The molecule has 0 aliphatic rings. The minimum Gasteiger partial charge on any atom is -0.506 e. The largest absolute Gasteiger partial charge is 0.506 e. The molecule has 0 saturated carbocycles. The number of phenolic OH excluding ortho intramolecular Hbond substituents is 1. The van der Waals surface area contributed by atoms with Gasteiger partial charge >= 0.3 is 5.97 Å². The summed E-state index contributed by atoms with van der Waals surface area (Å²) >= 11 is 11.5. The van der Waals surface area contributed by atoms with Crippen molar-refractivity contribution in [2.24, 2.45) is 0 Å². The van der Waals surface area contributed by atoms with Crippen molar-refractivity contribution in [3.63, 3.8) is 0 Å². The van der Waals surface area contributed by atoms with Crippen LogP contribution in [0.5, 0.6) is 5.75 Å². The van der Waals surface area contributed by atoms with Gasteiger partial charge < -0.3 is 20.4 Å². The number of anilines is 1. The van der Waals surface area contributed by atoms with E-state index in [1.807, 2.05) is 30.3 Å².